The van der Waals surface area contributed by atoms with Gasteiger partial charge in [-0.1, -0.05) is 23.8 Å². The lowest BCUT2D eigenvalue weighted by Gasteiger charge is -2.16. The zero-order chi connectivity index (χ0) is 11.8. The molecule has 2 nitrogen and oxygen atoms in total. The van der Waals surface area contributed by atoms with Gasteiger partial charge in [-0.3, -0.25) is 0 Å². The van der Waals surface area contributed by atoms with Gasteiger partial charge in [0.1, 0.15) is 5.69 Å². The molecule has 0 aliphatic rings. The Balaban J connectivity index is 2.39. The first-order valence-electron chi connectivity index (χ1n) is 5.44. The Kier molecular flexibility index (Phi) is 2.47. The molecule has 0 bridgehead atoms. The van der Waals surface area contributed by atoms with Crippen molar-refractivity contribution in [1.29, 1.82) is 0 Å². The third kappa shape index (κ3) is 2.09. The van der Waals surface area contributed by atoms with Crippen LogP contribution in [-0.2, 0) is 5.54 Å². The highest BCUT2D eigenvalue weighted by atomic mass is 15.3. The maximum Gasteiger partial charge on any atom is 0.143 e. The summed E-state index contributed by atoms with van der Waals surface area (Å²) in [5.41, 5.74) is 3.15. The highest BCUT2D eigenvalue weighted by Gasteiger charge is 2.14. The van der Waals surface area contributed by atoms with Crippen LogP contribution < -0.4 is 0 Å². The van der Waals surface area contributed by atoms with E-state index in [1.54, 1.807) is 0 Å². The van der Waals surface area contributed by atoms with Gasteiger partial charge < -0.3 is 0 Å². The van der Waals surface area contributed by atoms with Crippen LogP contribution in [0.4, 0.5) is 0 Å². The van der Waals surface area contributed by atoms with Crippen LogP contribution >= 0.6 is 0 Å². The van der Waals surface area contributed by atoms with Gasteiger partial charge in [0.05, 0.1) is 5.54 Å². The number of aryl methyl sites for hydroxylation is 1. The van der Waals surface area contributed by atoms with E-state index in [0.29, 0.717) is 0 Å². The summed E-state index contributed by atoms with van der Waals surface area (Å²) in [6, 6.07) is 11.4. The van der Waals surface area contributed by atoms with Crippen molar-refractivity contribution in [2.75, 3.05) is 0 Å². The van der Waals surface area contributed by atoms with Crippen molar-refractivity contribution in [2.24, 2.45) is 0 Å². The molecule has 0 aliphatic heterocycles. The number of benzene rings is 1. The van der Waals surface area contributed by atoms with E-state index in [1.165, 1.54) is 5.56 Å². The molecular weight excluding hydrogens is 196 g/mol. The van der Waals surface area contributed by atoms with Crippen LogP contribution in [-0.4, -0.2) is 9.78 Å². The lowest BCUT2D eigenvalue weighted by Crippen LogP contribution is -2.22. The fourth-order valence-corrected chi connectivity index (χ4v) is 1.50. The van der Waals surface area contributed by atoms with Crippen molar-refractivity contribution >= 4 is 0 Å². The SMILES string of the molecule is Cc1cccc(-c2c#cn(C(C)(C)C)n2)c1. The molecule has 2 rings (SSSR count). The Hall–Kier alpha value is -1.75. The quantitative estimate of drug-likeness (QED) is 0.709. The fourth-order valence-electron chi connectivity index (χ4n) is 1.50. The van der Waals surface area contributed by atoms with Gasteiger partial charge in [0.15, 0.2) is 0 Å². The summed E-state index contributed by atoms with van der Waals surface area (Å²) < 4.78 is 1.82. The second-order valence-corrected chi connectivity index (χ2v) is 5.04. The molecule has 0 fully saturated rings. The molecule has 0 amide bonds. The van der Waals surface area contributed by atoms with Crippen molar-refractivity contribution in [1.82, 2.24) is 9.78 Å². The summed E-state index contributed by atoms with van der Waals surface area (Å²) in [6.07, 6.45) is 3.04. The third-order valence-corrected chi connectivity index (χ3v) is 2.41. The van der Waals surface area contributed by atoms with Crippen LogP contribution in [0.2, 0.25) is 0 Å². The van der Waals surface area contributed by atoms with Crippen molar-refractivity contribution in [3.05, 3.63) is 42.1 Å². The molecule has 0 saturated heterocycles. The monoisotopic (exact) mass is 212 g/mol. The number of aromatic nitrogens is 2. The molecule has 0 unspecified atom stereocenters. The summed E-state index contributed by atoms with van der Waals surface area (Å²) in [4.78, 5) is 0. The molecule has 16 heavy (non-hydrogen) atoms. The van der Waals surface area contributed by atoms with Gasteiger partial charge in [0.25, 0.3) is 0 Å². The van der Waals surface area contributed by atoms with Gasteiger partial charge in [0.2, 0.25) is 0 Å². The van der Waals surface area contributed by atoms with Crippen molar-refractivity contribution in [3.8, 4) is 11.3 Å². The minimum Gasteiger partial charge on any atom is -0.216 e. The second-order valence-electron chi connectivity index (χ2n) is 5.04. The highest BCUT2D eigenvalue weighted by Crippen LogP contribution is 2.18. The summed E-state index contributed by atoms with van der Waals surface area (Å²) >= 11 is 0. The van der Waals surface area contributed by atoms with Gasteiger partial charge in [-0.2, -0.15) is 5.10 Å². The van der Waals surface area contributed by atoms with Crippen LogP contribution in [0.15, 0.2) is 24.3 Å². The normalized spacial score (nSPS) is 11.2. The minimum absolute atomic E-state index is 0.0431. The Bertz CT molecular complexity index is 489. The zero-order valence-electron chi connectivity index (χ0n) is 10.2. The molecule has 0 radical (unpaired) electrons. The van der Waals surface area contributed by atoms with E-state index in [1.807, 2.05) is 16.8 Å². The molecule has 2 heteroatoms. The fraction of sp³-hybridized carbons (Fsp3) is 0.357. The van der Waals surface area contributed by atoms with E-state index >= 15 is 0 Å². The van der Waals surface area contributed by atoms with E-state index in [0.717, 1.165) is 11.3 Å². The van der Waals surface area contributed by atoms with Crippen molar-refractivity contribution in [3.63, 3.8) is 0 Å². The van der Waals surface area contributed by atoms with Gasteiger partial charge in [-0.15, -0.1) is 0 Å². The summed E-state index contributed by atoms with van der Waals surface area (Å²) in [6.45, 7) is 8.38. The Labute approximate surface area is 96.9 Å². The first-order chi connectivity index (χ1) is 7.47. The molecular formula is C14H16N2. The third-order valence-electron chi connectivity index (χ3n) is 2.41. The maximum atomic E-state index is 4.50. The molecule has 0 atom stereocenters. The summed E-state index contributed by atoms with van der Waals surface area (Å²) in [5, 5.41) is 4.50. The van der Waals surface area contributed by atoms with Gasteiger partial charge in [-0.25, -0.2) is 4.68 Å². The van der Waals surface area contributed by atoms with Crippen molar-refractivity contribution in [2.45, 2.75) is 33.2 Å². The van der Waals surface area contributed by atoms with Crippen molar-refractivity contribution < 1.29 is 0 Å². The number of nitrogens with zero attached hydrogens (tertiary/aromatic N) is 2. The van der Waals surface area contributed by atoms with E-state index < -0.39 is 0 Å². The average Bonchev–Trinajstić information content (AvgIpc) is 2.65. The smallest absolute Gasteiger partial charge is 0.143 e. The first-order valence-corrected chi connectivity index (χ1v) is 5.44. The molecule has 2 aromatic rings. The zero-order valence-corrected chi connectivity index (χ0v) is 10.2. The summed E-state index contributed by atoms with van der Waals surface area (Å²) in [7, 11) is 0. The van der Waals surface area contributed by atoms with E-state index in [4.69, 9.17) is 0 Å². The van der Waals surface area contributed by atoms with Gasteiger partial charge in [-0.05, 0) is 39.8 Å². The lowest BCUT2D eigenvalue weighted by molar-refractivity contribution is 0.355. The average molecular weight is 212 g/mol. The first kappa shape index (κ1) is 10.8. The predicted molar refractivity (Wildman–Crippen MR) is 65.1 cm³/mol. The Morgan fingerprint density at radius 2 is 2.00 bits per heavy atom. The molecule has 0 saturated carbocycles. The maximum absolute atomic E-state index is 4.50. The molecule has 1 aromatic heterocycles. The standard InChI is InChI=1S/C14H16N2/c1-11-6-5-7-12(10-11)13-8-9-16(15-13)14(2,3)4/h5-7,10H,1-4H3. The number of rotatable bonds is 1. The van der Waals surface area contributed by atoms with Crippen LogP contribution in [0.5, 0.6) is 0 Å². The van der Waals surface area contributed by atoms with E-state index in [-0.39, 0.29) is 5.54 Å². The highest BCUT2D eigenvalue weighted by molar-refractivity contribution is 5.57. The van der Waals surface area contributed by atoms with Crippen LogP contribution in [0, 0.1) is 19.2 Å². The molecule has 1 aromatic carbocycles. The van der Waals surface area contributed by atoms with E-state index in [2.05, 4.69) is 57.2 Å². The van der Waals surface area contributed by atoms with E-state index in [9.17, 15) is 0 Å². The predicted octanol–water partition coefficient (Wildman–Crippen LogP) is 3.21. The molecule has 0 aliphatic carbocycles. The van der Waals surface area contributed by atoms with Gasteiger partial charge >= 0.3 is 0 Å². The lowest BCUT2D eigenvalue weighted by atomic mass is 10.1. The topological polar surface area (TPSA) is 17.8 Å². The Morgan fingerprint density at radius 1 is 1.25 bits per heavy atom. The number of hydrogen-bond acceptors (Lipinski definition) is 1. The molecule has 1 heterocycles. The molecule has 0 N–H and O–H groups in total. The second kappa shape index (κ2) is 3.68. The minimum atomic E-state index is -0.0431. The van der Waals surface area contributed by atoms with Crippen LogP contribution in [0.25, 0.3) is 11.3 Å². The number of hydrogen-bond donors (Lipinski definition) is 0. The molecule has 0 spiro atoms. The Morgan fingerprint density at radius 3 is 2.56 bits per heavy atom. The summed E-state index contributed by atoms with van der Waals surface area (Å²) in [5.74, 6) is 0. The van der Waals surface area contributed by atoms with Gasteiger partial charge in [0, 0.05) is 11.8 Å². The molecule has 82 valence electrons. The van der Waals surface area contributed by atoms with Crippen LogP contribution in [0.1, 0.15) is 26.3 Å². The van der Waals surface area contributed by atoms with Crippen LogP contribution in [0.3, 0.4) is 0 Å². The largest absolute Gasteiger partial charge is 0.216 e.